The molecule has 1 fully saturated rings. The number of hydrogen-bond donors (Lipinski definition) is 1. The number of carbonyl (C=O) groups is 1. The van der Waals surface area contributed by atoms with Crippen molar-refractivity contribution >= 4 is 33.8 Å². The molecule has 8 heteroatoms. The predicted octanol–water partition coefficient (Wildman–Crippen LogP) is 3.98. The minimum atomic E-state index is -3.53. The van der Waals surface area contributed by atoms with Crippen LogP contribution in [0.15, 0.2) is 27.6 Å². The molecule has 0 atom stereocenters. The van der Waals surface area contributed by atoms with E-state index in [2.05, 4.69) is 10.5 Å². The second kappa shape index (κ2) is 8.92. The molecule has 0 aliphatic carbocycles. The van der Waals surface area contributed by atoms with Crippen molar-refractivity contribution in [1.29, 1.82) is 0 Å². The van der Waals surface area contributed by atoms with E-state index in [9.17, 15) is 13.2 Å². The average molecular weight is 418 g/mol. The highest BCUT2D eigenvalue weighted by Crippen LogP contribution is 2.26. The number of nitrogens with zero attached hydrogens (tertiary/aromatic N) is 2. The van der Waals surface area contributed by atoms with Crippen molar-refractivity contribution in [2.24, 2.45) is 0 Å². The number of amides is 1. The molecule has 29 heavy (non-hydrogen) atoms. The van der Waals surface area contributed by atoms with E-state index in [-0.39, 0.29) is 5.91 Å². The molecule has 1 aromatic carbocycles. The van der Waals surface area contributed by atoms with Gasteiger partial charge in [0, 0.05) is 20.0 Å². The first-order chi connectivity index (χ1) is 13.8. The monoisotopic (exact) mass is 417 g/mol. The first-order valence-corrected chi connectivity index (χ1v) is 11.3. The lowest BCUT2D eigenvalue weighted by molar-refractivity contribution is -0.114. The molecule has 2 aromatic rings. The highest BCUT2D eigenvalue weighted by atomic mass is 32.2. The van der Waals surface area contributed by atoms with E-state index >= 15 is 0 Å². The van der Waals surface area contributed by atoms with E-state index in [0.29, 0.717) is 35.1 Å². The van der Waals surface area contributed by atoms with Gasteiger partial charge in [0.15, 0.2) is 5.76 Å². The fourth-order valence-electron chi connectivity index (χ4n) is 3.42. The number of rotatable bonds is 5. The van der Waals surface area contributed by atoms with E-state index in [4.69, 9.17) is 4.52 Å². The maximum Gasteiger partial charge on any atom is 0.243 e. The molecule has 1 N–H and O–H groups in total. The van der Waals surface area contributed by atoms with Gasteiger partial charge in [-0.05, 0) is 50.0 Å². The lowest BCUT2D eigenvalue weighted by atomic mass is 10.1. The molecular formula is C21H27N3O4S. The molecular weight excluding hydrogens is 390 g/mol. The third kappa shape index (κ3) is 4.94. The molecule has 1 amide bonds. The van der Waals surface area contributed by atoms with Crippen LogP contribution < -0.4 is 5.32 Å². The minimum absolute atomic E-state index is 0.216. The Kier molecular flexibility index (Phi) is 6.54. The highest BCUT2D eigenvalue weighted by molar-refractivity contribution is 7.89. The lowest BCUT2D eigenvalue weighted by Crippen LogP contribution is -2.32. The first kappa shape index (κ1) is 21.3. The lowest BCUT2D eigenvalue weighted by Gasteiger charge is -2.21. The Labute approximate surface area is 171 Å². The number of aryl methyl sites for hydroxylation is 2. The van der Waals surface area contributed by atoms with Gasteiger partial charge in [-0.3, -0.25) is 4.79 Å². The zero-order valence-electron chi connectivity index (χ0n) is 17.1. The summed E-state index contributed by atoms with van der Waals surface area (Å²) >= 11 is 0. The summed E-state index contributed by atoms with van der Waals surface area (Å²) in [5.74, 6) is 0.197. The average Bonchev–Trinajstić information content (AvgIpc) is 2.88. The van der Waals surface area contributed by atoms with Crippen molar-refractivity contribution < 1.29 is 17.7 Å². The Morgan fingerprint density at radius 3 is 2.48 bits per heavy atom. The van der Waals surface area contributed by atoms with Gasteiger partial charge in [0.05, 0.1) is 4.90 Å². The number of nitrogens with one attached hydrogen (secondary N) is 1. The number of hydrogen-bond acceptors (Lipinski definition) is 5. The van der Waals surface area contributed by atoms with Gasteiger partial charge in [-0.2, -0.15) is 4.31 Å². The van der Waals surface area contributed by atoms with Crippen LogP contribution in [0.3, 0.4) is 0 Å². The van der Waals surface area contributed by atoms with Gasteiger partial charge < -0.3 is 9.84 Å². The van der Waals surface area contributed by atoms with E-state index in [0.717, 1.165) is 36.8 Å². The molecule has 1 aliphatic heterocycles. The molecule has 0 saturated carbocycles. The quantitative estimate of drug-likeness (QED) is 0.794. The van der Waals surface area contributed by atoms with Gasteiger partial charge in [0.2, 0.25) is 15.9 Å². The summed E-state index contributed by atoms with van der Waals surface area (Å²) in [7, 11) is -3.53. The number of carbonyl (C=O) groups excluding carboxylic acids is 1. The molecule has 1 aromatic heterocycles. The Morgan fingerprint density at radius 2 is 1.83 bits per heavy atom. The first-order valence-electron chi connectivity index (χ1n) is 9.82. The van der Waals surface area contributed by atoms with E-state index < -0.39 is 10.0 Å². The Morgan fingerprint density at radius 1 is 1.14 bits per heavy atom. The molecule has 0 spiro atoms. The van der Waals surface area contributed by atoms with Crippen LogP contribution in [0.5, 0.6) is 0 Å². The summed E-state index contributed by atoms with van der Waals surface area (Å²) in [5.41, 5.74) is 2.54. The number of aromatic nitrogens is 1. The summed E-state index contributed by atoms with van der Waals surface area (Å²) in [6.07, 6.45) is 7.37. The van der Waals surface area contributed by atoms with Crippen molar-refractivity contribution in [3.8, 4) is 0 Å². The Bertz CT molecular complexity index is 1020. The third-order valence-electron chi connectivity index (χ3n) is 5.01. The van der Waals surface area contributed by atoms with Crippen LogP contribution in [0.2, 0.25) is 0 Å². The predicted molar refractivity (Wildman–Crippen MR) is 113 cm³/mol. The minimum Gasteiger partial charge on any atom is -0.354 e. The van der Waals surface area contributed by atoms with E-state index in [1.54, 1.807) is 29.4 Å². The second-order valence-electron chi connectivity index (χ2n) is 7.36. The summed E-state index contributed by atoms with van der Waals surface area (Å²) < 4.78 is 33.3. The third-order valence-corrected chi connectivity index (χ3v) is 7.05. The Hall–Kier alpha value is -2.45. The SMILES string of the molecule is CC(=O)Nc1c(C)noc1/C=C\c1ccc(C)c(S(=O)(=O)N2CCCCCC2)c1. The number of benzene rings is 1. The van der Waals surface area contributed by atoms with Crippen molar-refractivity contribution in [3.63, 3.8) is 0 Å². The molecule has 0 radical (unpaired) electrons. The van der Waals surface area contributed by atoms with Gasteiger partial charge in [0.1, 0.15) is 11.4 Å². The summed E-state index contributed by atoms with van der Waals surface area (Å²) in [5, 5.41) is 6.58. The molecule has 1 saturated heterocycles. The summed E-state index contributed by atoms with van der Waals surface area (Å²) in [6.45, 7) is 6.11. The molecule has 0 bridgehead atoms. The van der Waals surface area contributed by atoms with Crippen LogP contribution in [0.1, 0.15) is 55.2 Å². The van der Waals surface area contributed by atoms with Crippen molar-refractivity contribution in [2.75, 3.05) is 18.4 Å². The molecule has 156 valence electrons. The zero-order chi connectivity index (χ0) is 21.0. The smallest absolute Gasteiger partial charge is 0.243 e. The largest absolute Gasteiger partial charge is 0.354 e. The van der Waals surface area contributed by atoms with E-state index in [1.807, 2.05) is 19.1 Å². The molecule has 7 nitrogen and oxygen atoms in total. The van der Waals surface area contributed by atoms with Crippen LogP contribution in [0, 0.1) is 13.8 Å². The normalized spacial score (nSPS) is 16.1. The molecule has 2 heterocycles. The second-order valence-corrected chi connectivity index (χ2v) is 9.27. The fourth-order valence-corrected chi connectivity index (χ4v) is 5.20. The fraction of sp³-hybridized carbons (Fsp3) is 0.429. The summed E-state index contributed by atoms with van der Waals surface area (Å²) in [4.78, 5) is 11.7. The van der Waals surface area contributed by atoms with Gasteiger partial charge >= 0.3 is 0 Å². The van der Waals surface area contributed by atoms with Gasteiger partial charge in [-0.15, -0.1) is 0 Å². The van der Waals surface area contributed by atoms with Crippen LogP contribution >= 0.6 is 0 Å². The standard InChI is InChI=1S/C21H27N3O4S/c1-15-8-9-18(10-11-19-21(22-17(3)25)16(2)23-28-19)14-20(15)29(26,27)24-12-6-4-5-7-13-24/h8-11,14H,4-7,12-13H2,1-3H3,(H,22,25)/b11-10-. The Balaban J connectivity index is 1.90. The van der Waals surface area contributed by atoms with Gasteiger partial charge in [0.25, 0.3) is 0 Å². The van der Waals surface area contributed by atoms with Crippen LogP contribution in [-0.4, -0.2) is 36.9 Å². The van der Waals surface area contributed by atoms with Crippen molar-refractivity contribution in [2.45, 2.75) is 51.3 Å². The van der Waals surface area contributed by atoms with Crippen molar-refractivity contribution in [1.82, 2.24) is 9.46 Å². The topological polar surface area (TPSA) is 92.5 Å². The number of anilines is 1. The molecule has 0 unspecified atom stereocenters. The molecule has 3 rings (SSSR count). The highest BCUT2D eigenvalue weighted by Gasteiger charge is 2.26. The van der Waals surface area contributed by atoms with Crippen LogP contribution in [-0.2, 0) is 14.8 Å². The van der Waals surface area contributed by atoms with Crippen molar-refractivity contribution in [3.05, 3.63) is 40.8 Å². The number of sulfonamides is 1. The maximum atomic E-state index is 13.2. The van der Waals surface area contributed by atoms with E-state index in [1.165, 1.54) is 6.92 Å². The summed E-state index contributed by atoms with van der Waals surface area (Å²) in [6, 6.07) is 5.35. The molecule has 1 aliphatic rings. The van der Waals surface area contributed by atoms with Gasteiger partial charge in [-0.1, -0.05) is 36.2 Å². The van der Waals surface area contributed by atoms with Crippen LogP contribution in [0.25, 0.3) is 12.2 Å². The van der Waals surface area contributed by atoms with Crippen LogP contribution in [0.4, 0.5) is 5.69 Å². The van der Waals surface area contributed by atoms with Gasteiger partial charge in [-0.25, -0.2) is 8.42 Å². The maximum absolute atomic E-state index is 13.2. The zero-order valence-corrected chi connectivity index (χ0v) is 17.9.